The predicted molar refractivity (Wildman–Crippen MR) is 47.0 cm³/mol. The van der Waals surface area contributed by atoms with Gasteiger partial charge in [0.25, 0.3) is 0 Å². The van der Waals surface area contributed by atoms with Gasteiger partial charge in [0.05, 0.1) is 0 Å². The highest BCUT2D eigenvalue weighted by Gasteiger charge is 2.14. The smallest absolute Gasteiger partial charge is 0.0493 e. The lowest BCUT2D eigenvalue weighted by molar-refractivity contribution is 0.104. The molecule has 0 spiro atoms. The highest BCUT2D eigenvalue weighted by atomic mass is 16.3. The van der Waals surface area contributed by atoms with Gasteiger partial charge in [0, 0.05) is 51.9 Å². The Balaban J connectivity index is 2.18. The molecular weight excluding hydrogens is 156 g/mol. The fourth-order valence-corrected chi connectivity index (χ4v) is 1.43. The second kappa shape index (κ2) is 5.48. The number of hydrogen-bond acceptors (Lipinski definition) is 4. The van der Waals surface area contributed by atoms with Gasteiger partial charge in [-0.3, -0.25) is 0 Å². The van der Waals surface area contributed by atoms with Crippen LogP contribution in [0.15, 0.2) is 0 Å². The Labute approximate surface area is 73.2 Å². The average molecular weight is 174 g/mol. The second-order valence-electron chi connectivity index (χ2n) is 3.28. The normalized spacial score (nSPS) is 20.2. The zero-order chi connectivity index (χ0) is 8.81. The van der Waals surface area contributed by atoms with Crippen molar-refractivity contribution in [1.82, 2.24) is 10.2 Å². The largest absolute Gasteiger partial charge is 0.396 e. The highest BCUT2D eigenvalue weighted by Crippen LogP contribution is 2.00. The van der Waals surface area contributed by atoms with Crippen molar-refractivity contribution < 1.29 is 10.2 Å². The number of piperazine rings is 1. The summed E-state index contributed by atoms with van der Waals surface area (Å²) in [5.74, 6) is 0.0306. The van der Waals surface area contributed by atoms with Gasteiger partial charge in [0.2, 0.25) is 0 Å². The van der Waals surface area contributed by atoms with Crippen LogP contribution in [0.2, 0.25) is 0 Å². The van der Waals surface area contributed by atoms with Crippen molar-refractivity contribution in [1.29, 1.82) is 0 Å². The van der Waals surface area contributed by atoms with Crippen molar-refractivity contribution in [3.05, 3.63) is 0 Å². The van der Waals surface area contributed by atoms with Gasteiger partial charge in [-0.15, -0.1) is 0 Å². The van der Waals surface area contributed by atoms with Gasteiger partial charge in [-0.25, -0.2) is 0 Å². The van der Waals surface area contributed by atoms with Gasteiger partial charge in [-0.05, 0) is 0 Å². The molecule has 0 aromatic rings. The molecule has 0 aromatic heterocycles. The van der Waals surface area contributed by atoms with Crippen LogP contribution in [0.4, 0.5) is 0 Å². The molecule has 1 aliphatic rings. The number of rotatable bonds is 4. The topological polar surface area (TPSA) is 55.7 Å². The van der Waals surface area contributed by atoms with Crippen molar-refractivity contribution in [2.45, 2.75) is 0 Å². The number of hydrogen-bond donors (Lipinski definition) is 3. The molecule has 0 atom stereocenters. The minimum Gasteiger partial charge on any atom is -0.396 e. The van der Waals surface area contributed by atoms with E-state index >= 15 is 0 Å². The number of aliphatic hydroxyl groups excluding tert-OH is 2. The maximum absolute atomic E-state index is 8.85. The molecule has 0 saturated carbocycles. The van der Waals surface area contributed by atoms with E-state index in [0.717, 1.165) is 32.7 Å². The molecule has 12 heavy (non-hydrogen) atoms. The first kappa shape index (κ1) is 9.92. The zero-order valence-corrected chi connectivity index (χ0v) is 7.37. The van der Waals surface area contributed by atoms with Crippen LogP contribution in [0.1, 0.15) is 0 Å². The lowest BCUT2D eigenvalue weighted by atomic mass is 10.1. The van der Waals surface area contributed by atoms with Crippen LogP contribution in [0.25, 0.3) is 0 Å². The van der Waals surface area contributed by atoms with Gasteiger partial charge in [0.1, 0.15) is 0 Å². The molecule has 0 unspecified atom stereocenters. The monoisotopic (exact) mass is 174 g/mol. The summed E-state index contributed by atoms with van der Waals surface area (Å²) >= 11 is 0. The maximum Gasteiger partial charge on any atom is 0.0493 e. The molecule has 0 radical (unpaired) electrons. The predicted octanol–water partition coefficient (Wildman–Crippen LogP) is -1.51. The van der Waals surface area contributed by atoms with Crippen LogP contribution in [-0.4, -0.2) is 61.1 Å². The van der Waals surface area contributed by atoms with E-state index in [1.54, 1.807) is 0 Å². The van der Waals surface area contributed by atoms with Gasteiger partial charge in [-0.2, -0.15) is 0 Å². The highest BCUT2D eigenvalue weighted by molar-refractivity contribution is 4.70. The van der Waals surface area contributed by atoms with Crippen molar-refractivity contribution in [2.75, 3.05) is 45.9 Å². The van der Waals surface area contributed by atoms with E-state index in [2.05, 4.69) is 10.2 Å². The van der Waals surface area contributed by atoms with E-state index in [0.29, 0.717) is 0 Å². The molecular formula is C8H18N2O2. The molecule has 0 aromatic carbocycles. The zero-order valence-electron chi connectivity index (χ0n) is 7.37. The van der Waals surface area contributed by atoms with E-state index in [1.165, 1.54) is 0 Å². The van der Waals surface area contributed by atoms with E-state index < -0.39 is 0 Å². The summed E-state index contributed by atoms with van der Waals surface area (Å²) in [7, 11) is 0. The van der Waals surface area contributed by atoms with Crippen LogP contribution < -0.4 is 5.32 Å². The van der Waals surface area contributed by atoms with Crippen LogP contribution >= 0.6 is 0 Å². The third-order valence-corrected chi connectivity index (χ3v) is 2.24. The molecule has 0 amide bonds. The summed E-state index contributed by atoms with van der Waals surface area (Å²) in [6, 6.07) is 0. The first-order chi connectivity index (χ1) is 5.86. The van der Waals surface area contributed by atoms with Crippen LogP contribution in [0, 0.1) is 5.92 Å². The molecule has 0 aliphatic carbocycles. The summed E-state index contributed by atoms with van der Waals surface area (Å²) in [5.41, 5.74) is 0. The van der Waals surface area contributed by atoms with Crippen molar-refractivity contribution in [3.8, 4) is 0 Å². The summed E-state index contributed by atoms with van der Waals surface area (Å²) in [6.45, 7) is 5.07. The van der Waals surface area contributed by atoms with Crippen molar-refractivity contribution in [2.24, 2.45) is 5.92 Å². The van der Waals surface area contributed by atoms with Crippen LogP contribution in [-0.2, 0) is 0 Å². The Morgan fingerprint density at radius 3 is 2.25 bits per heavy atom. The van der Waals surface area contributed by atoms with E-state index in [9.17, 15) is 0 Å². The fraction of sp³-hybridized carbons (Fsp3) is 1.00. The Kier molecular flexibility index (Phi) is 4.53. The third-order valence-electron chi connectivity index (χ3n) is 2.24. The number of aliphatic hydroxyl groups is 2. The molecule has 72 valence electrons. The minimum absolute atomic E-state index is 0.0306. The Morgan fingerprint density at radius 2 is 1.75 bits per heavy atom. The molecule has 0 bridgehead atoms. The molecule has 4 nitrogen and oxygen atoms in total. The molecule has 1 aliphatic heterocycles. The van der Waals surface area contributed by atoms with E-state index in [1.807, 2.05) is 0 Å². The van der Waals surface area contributed by atoms with E-state index in [-0.39, 0.29) is 19.1 Å². The summed E-state index contributed by atoms with van der Waals surface area (Å²) in [4.78, 5) is 2.27. The molecule has 1 heterocycles. The Hall–Kier alpha value is -0.160. The molecule has 3 N–H and O–H groups in total. The standard InChI is InChI=1S/C8H18N2O2/c11-6-8(7-12)5-10-3-1-9-2-4-10/h8-9,11-12H,1-7H2. The average Bonchev–Trinajstić information content (AvgIpc) is 2.16. The first-order valence-corrected chi connectivity index (χ1v) is 4.51. The molecule has 1 saturated heterocycles. The SMILES string of the molecule is OCC(CO)CN1CCNCC1. The van der Waals surface area contributed by atoms with Gasteiger partial charge in [-0.1, -0.05) is 0 Å². The van der Waals surface area contributed by atoms with Crippen molar-refractivity contribution in [3.63, 3.8) is 0 Å². The fourth-order valence-electron chi connectivity index (χ4n) is 1.43. The maximum atomic E-state index is 8.85. The number of nitrogens with zero attached hydrogens (tertiary/aromatic N) is 1. The Morgan fingerprint density at radius 1 is 1.17 bits per heavy atom. The third kappa shape index (κ3) is 3.06. The first-order valence-electron chi connectivity index (χ1n) is 4.51. The van der Waals surface area contributed by atoms with Crippen LogP contribution in [0.5, 0.6) is 0 Å². The van der Waals surface area contributed by atoms with Gasteiger partial charge in [0.15, 0.2) is 0 Å². The lowest BCUT2D eigenvalue weighted by Gasteiger charge is -2.29. The lowest BCUT2D eigenvalue weighted by Crippen LogP contribution is -2.46. The second-order valence-corrected chi connectivity index (χ2v) is 3.28. The Bertz CT molecular complexity index is 112. The summed E-state index contributed by atoms with van der Waals surface area (Å²) in [6.07, 6.45) is 0. The molecule has 4 heteroatoms. The summed E-state index contributed by atoms with van der Waals surface area (Å²) in [5, 5.41) is 21.0. The van der Waals surface area contributed by atoms with Gasteiger partial charge < -0.3 is 20.4 Å². The summed E-state index contributed by atoms with van der Waals surface area (Å²) < 4.78 is 0. The minimum atomic E-state index is 0.0306. The van der Waals surface area contributed by atoms with E-state index in [4.69, 9.17) is 10.2 Å². The molecule has 1 fully saturated rings. The quantitative estimate of drug-likeness (QED) is 0.485. The molecule has 1 rings (SSSR count). The van der Waals surface area contributed by atoms with Crippen LogP contribution in [0.3, 0.4) is 0 Å². The number of nitrogens with one attached hydrogen (secondary N) is 1. The van der Waals surface area contributed by atoms with Gasteiger partial charge >= 0.3 is 0 Å². The van der Waals surface area contributed by atoms with Crippen molar-refractivity contribution >= 4 is 0 Å².